The van der Waals surface area contributed by atoms with E-state index < -0.39 is 7.60 Å². The van der Waals surface area contributed by atoms with Crippen molar-refractivity contribution in [3.8, 4) is 11.5 Å². The molecule has 0 N–H and O–H groups in total. The molecular weight excluding hydrogens is 327 g/mol. The fourth-order valence-corrected chi connectivity index (χ4v) is 4.24. The molecule has 0 amide bonds. The highest BCUT2D eigenvalue weighted by Crippen LogP contribution is 2.48. The van der Waals surface area contributed by atoms with E-state index in [0.29, 0.717) is 21.7 Å². The Morgan fingerprint density at radius 3 is 1.57 bits per heavy atom. The predicted molar refractivity (Wildman–Crippen MR) is 95.1 cm³/mol. The summed E-state index contributed by atoms with van der Waals surface area (Å²) in [5, 5.41) is 0.427. The summed E-state index contributed by atoms with van der Waals surface area (Å²) in [6.45, 7) is 0. The second-order valence-electron chi connectivity index (χ2n) is 4.79. The molecule has 0 aromatic heterocycles. The largest absolute Gasteiger partial charge is 0.463 e. The van der Waals surface area contributed by atoms with Crippen molar-refractivity contribution in [2.45, 2.75) is 4.90 Å². The highest BCUT2D eigenvalue weighted by molar-refractivity contribution is 7.81. The van der Waals surface area contributed by atoms with Gasteiger partial charge in [0.05, 0.1) is 0 Å². The summed E-state index contributed by atoms with van der Waals surface area (Å²) in [5.41, 5.74) is 0. The third-order valence-electron chi connectivity index (χ3n) is 3.11. The molecule has 3 aromatic rings. The molecule has 23 heavy (non-hydrogen) atoms. The maximum Gasteiger partial charge on any atom is 0.463 e. The number of hydrogen-bond donors (Lipinski definition) is 1. The highest BCUT2D eigenvalue weighted by Gasteiger charge is 2.33. The topological polar surface area (TPSA) is 35.5 Å². The fourth-order valence-electron chi connectivity index (χ4n) is 2.05. The summed E-state index contributed by atoms with van der Waals surface area (Å²) in [6, 6.07) is 25.0. The van der Waals surface area contributed by atoms with Crippen LogP contribution in [-0.2, 0) is 4.57 Å². The molecule has 3 rings (SSSR count). The maximum atomic E-state index is 13.5. The van der Waals surface area contributed by atoms with Gasteiger partial charge in [0.15, 0.2) is 0 Å². The van der Waals surface area contributed by atoms with Gasteiger partial charge in [-0.25, -0.2) is 4.57 Å². The van der Waals surface area contributed by atoms with Crippen molar-refractivity contribution in [1.29, 1.82) is 0 Å². The molecule has 0 saturated carbocycles. The molecule has 3 nitrogen and oxygen atoms in total. The molecule has 5 heteroatoms. The summed E-state index contributed by atoms with van der Waals surface area (Å²) in [5.74, 6) is 0.951. The predicted octanol–water partition coefficient (Wildman–Crippen LogP) is 4.95. The number of rotatable bonds is 5. The Labute approximate surface area is 140 Å². The molecule has 0 fully saturated rings. The Hall–Kier alpha value is -2.16. The lowest BCUT2D eigenvalue weighted by molar-refractivity contribution is 0.398. The summed E-state index contributed by atoms with van der Waals surface area (Å²) >= 11 is 4.39. The molecule has 3 aromatic carbocycles. The Bertz CT molecular complexity index is 776. The van der Waals surface area contributed by atoms with Gasteiger partial charge in [-0.15, -0.1) is 12.6 Å². The number of thiol groups is 1. The first-order valence-corrected chi connectivity index (χ1v) is 9.04. The first-order valence-electron chi connectivity index (χ1n) is 7.05. The molecule has 0 spiro atoms. The Kier molecular flexibility index (Phi) is 4.75. The second-order valence-corrected chi connectivity index (χ2v) is 7.12. The third kappa shape index (κ3) is 3.79. The molecule has 0 aliphatic carbocycles. The van der Waals surface area contributed by atoms with Gasteiger partial charge in [0, 0.05) is 4.90 Å². The van der Waals surface area contributed by atoms with Gasteiger partial charge in [-0.2, -0.15) is 0 Å². The number of benzene rings is 3. The average molecular weight is 342 g/mol. The van der Waals surface area contributed by atoms with Crippen LogP contribution in [0.5, 0.6) is 11.5 Å². The normalized spacial score (nSPS) is 11.0. The van der Waals surface area contributed by atoms with E-state index >= 15 is 0 Å². The van der Waals surface area contributed by atoms with Crippen LogP contribution in [0.3, 0.4) is 0 Å². The van der Waals surface area contributed by atoms with E-state index in [2.05, 4.69) is 12.6 Å². The lowest BCUT2D eigenvalue weighted by Crippen LogP contribution is -2.16. The van der Waals surface area contributed by atoms with Gasteiger partial charge in [0.2, 0.25) is 0 Å². The molecule has 0 bridgehead atoms. The zero-order valence-corrected chi connectivity index (χ0v) is 14.0. The smallest absolute Gasteiger partial charge is 0.413 e. The lowest BCUT2D eigenvalue weighted by Gasteiger charge is -2.21. The van der Waals surface area contributed by atoms with Crippen molar-refractivity contribution in [2.24, 2.45) is 0 Å². The van der Waals surface area contributed by atoms with Crippen LogP contribution in [0.15, 0.2) is 89.8 Å². The van der Waals surface area contributed by atoms with Gasteiger partial charge >= 0.3 is 7.60 Å². The van der Waals surface area contributed by atoms with E-state index in [1.54, 1.807) is 42.5 Å². The van der Waals surface area contributed by atoms with E-state index in [0.717, 1.165) is 0 Å². The van der Waals surface area contributed by atoms with Crippen molar-refractivity contribution in [3.05, 3.63) is 84.9 Å². The van der Waals surface area contributed by atoms with E-state index in [1.807, 2.05) is 42.5 Å². The van der Waals surface area contributed by atoms with Crippen molar-refractivity contribution in [2.75, 3.05) is 0 Å². The van der Waals surface area contributed by atoms with Crippen molar-refractivity contribution < 1.29 is 13.6 Å². The van der Waals surface area contributed by atoms with Crippen LogP contribution in [-0.4, -0.2) is 0 Å². The Balaban J connectivity index is 2.02. The summed E-state index contributed by atoms with van der Waals surface area (Å²) in [4.78, 5) is 0.558. The summed E-state index contributed by atoms with van der Waals surface area (Å²) in [6.07, 6.45) is 0. The van der Waals surface area contributed by atoms with Gasteiger partial charge in [-0.05, 0) is 36.4 Å². The minimum Gasteiger partial charge on any atom is -0.413 e. The first kappa shape index (κ1) is 15.7. The second kappa shape index (κ2) is 6.95. The van der Waals surface area contributed by atoms with Crippen LogP contribution in [0.25, 0.3) is 0 Å². The lowest BCUT2D eigenvalue weighted by atomic mass is 10.3. The third-order valence-corrected chi connectivity index (χ3v) is 5.56. The van der Waals surface area contributed by atoms with Gasteiger partial charge in [-0.3, -0.25) is 0 Å². The molecule has 0 unspecified atom stereocenters. The number of para-hydroxylation sites is 2. The van der Waals surface area contributed by atoms with Gasteiger partial charge < -0.3 is 9.05 Å². The van der Waals surface area contributed by atoms with Gasteiger partial charge in [0.25, 0.3) is 0 Å². The molecule has 116 valence electrons. The summed E-state index contributed by atoms with van der Waals surface area (Å²) in [7, 11) is -3.63. The maximum absolute atomic E-state index is 13.5. The quantitative estimate of drug-likeness (QED) is 0.526. The summed E-state index contributed by atoms with van der Waals surface area (Å²) < 4.78 is 25.0. The van der Waals surface area contributed by atoms with Crippen molar-refractivity contribution in [3.63, 3.8) is 0 Å². The SMILES string of the molecule is O=P(Oc1ccccc1)(Oc1ccccc1)c1ccccc1S. The fraction of sp³-hybridized carbons (Fsp3) is 0. The van der Waals surface area contributed by atoms with E-state index in [9.17, 15) is 4.57 Å². The molecular formula is C18H15O3PS. The highest BCUT2D eigenvalue weighted by atomic mass is 32.1. The molecule has 0 aliphatic rings. The molecule has 0 atom stereocenters. The van der Waals surface area contributed by atoms with Crippen LogP contribution in [0.4, 0.5) is 0 Å². The first-order chi connectivity index (χ1) is 11.2. The Morgan fingerprint density at radius 1 is 0.652 bits per heavy atom. The van der Waals surface area contributed by atoms with E-state index in [1.165, 1.54) is 0 Å². The molecule has 0 radical (unpaired) electrons. The monoisotopic (exact) mass is 342 g/mol. The van der Waals surface area contributed by atoms with E-state index in [-0.39, 0.29) is 0 Å². The standard InChI is InChI=1S/C18H15O3PS/c19-22(17-13-7-8-14-18(17)23,20-15-9-3-1-4-10-15)21-16-11-5-2-6-12-16/h1-14,23H. The molecule has 0 aliphatic heterocycles. The zero-order chi connectivity index (χ0) is 16.1. The molecule has 0 heterocycles. The average Bonchev–Trinajstić information content (AvgIpc) is 2.57. The number of hydrogen-bond acceptors (Lipinski definition) is 4. The van der Waals surface area contributed by atoms with Gasteiger partial charge in [-0.1, -0.05) is 48.5 Å². The zero-order valence-electron chi connectivity index (χ0n) is 12.2. The minimum absolute atomic E-state index is 0.427. The molecule has 0 saturated heterocycles. The van der Waals surface area contributed by atoms with Crippen LogP contribution in [0, 0.1) is 0 Å². The van der Waals surface area contributed by atoms with Gasteiger partial charge in [0.1, 0.15) is 16.8 Å². The van der Waals surface area contributed by atoms with Crippen LogP contribution < -0.4 is 14.4 Å². The van der Waals surface area contributed by atoms with Crippen LogP contribution >= 0.6 is 20.2 Å². The van der Waals surface area contributed by atoms with Crippen molar-refractivity contribution >= 4 is 25.5 Å². The van der Waals surface area contributed by atoms with E-state index in [4.69, 9.17) is 9.05 Å². The Morgan fingerprint density at radius 2 is 1.09 bits per heavy atom. The van der Waals surface area contributed by atoms with Crippen LogP contribution in [0.2, 0.25) is 0 Å². The minimum atomic E-state index is -3.63. The van der Waals surface area contributed by atoms with Crippen molar-refractivity contribution in [1.82, 2.24) is 0 Å². The van der Waals surface area contributed by atoms with Crippen LogP contribution in [0.1, 0.15) is 0 Å².